The minimum Gasteiger partial charge on any atom is -0.300 e. The van der Waals surface area contributed by atoms with Crippen LogP contribution in [0.2, 0.25) is 0 Å². The average Bonchev–Trinajstić information content (AvgIpc) is 3.00. The SMILES string of the molecule is CN=CC(C)(c1ccc(-c2cnc(-n3c(C)ccc3C)nc2)nc1)C(C)C. The van der Waals surface area contributed by atoms with E-state index in [9.17, 15) is 0 Å². The molecule has 0 saturated carbocycles. The Kier molecular flexibility index (Phi) is 5.22. The van der Waals surface area contributed by atoms with Crippen LogP contribution in [-0.2, 0) is 5.41 Å². The van der Waals surface area contributed by atoms with Gasteiger partial charge in [0.1, 0.15) is 0 Å². The molecule has 3 aromatic heterocycles. The average molecular weight is 361 g/mol. The zero-order valence-electron chi connectivity index (χ0n) is 16.9. The Hall–Kier alpha value is -2.82. The molecule has 0 aliphatic rings. The minimum absolute atomic E-state index is 0.135. The van der Waals surface area contributed by atoms with Gasteiger partial charge in [-0.05, 0) is 43.5 Å². The molecule has 27 heavy (non-hydrogen) atoms. The van der Waals surface area contributed by atoms with Crippen LogP contribution in [0.3, 0.4) is 0 Å². The number of hydrogen-bond donors (Lipinski definition) is 0. The summed E-state index contributed by atoms with van der Waals surface area (Å²) in [4.78, 5) is 18.0. The largest absolute Gasteiger partial charge is 0.300 e. The third kappa shape index (κ3) is 3.54. The number of rotatable bonds is 5. The summed E-state index contributed by atoms with van der Waals surface area (Å²) in [5.41, 5.74) is 5.03. The standard InChI is InChI=1S/C22H27N5/c1-15(2)22(5,14-23-6)19-9-10-20(24-13-19)18-11-25-21(26-12-18)27-16(3)7-8-17(27)4/h7-15H,1-6H3. The summed E-state index contributed by atoms with van der Waals surface area (Å²) in [7, 11) is 1.81. The van der Waals surface area contributed by atoms with Crippen molar-refractivity contribution in [1.29, 1.82) is 0 Å². The third-order valence-corrected chi connectivity index (χ3v) is 5.39. The molecule has 5 nitrogen and oxygen atoms in total. The molecule has 0 aliphatic heterocycles. The van der Waals surface area contributed by atoms with Gasteiger partial charge in [0.15, 0.2) is 0 Å². The van der Waals surface area contributed by atoms with E-state index in [1.54, 1.807) is 0 Å². The van der Waals surface area contributed by atoms with Crippen molar-refractivity contribution in [3.05, 3.63) is 59.8 Å². The van der Waals surface area contributed by atoms with E-state index in [0.717, 1.165) is 28.2 Å². The number of aliphatic imine (C=N–C) groups is 1. The van der Waals surface area contributed by atoms with Gasteiger partial charge in [0.2, 0.25) is 5.95 Å². The van der Waals surface area contributed by atoms with E-state index in [0.29, 0.717) is 11.9 Å². The molecule has 0 N–H and O–H groups in total. The summed E-state index contributed by atoms with van der Waals surface area (Å²) >= 11 is 0. The van der Waals surface area contributed by atoms with E-state index in [-0.39, 0.29) is 5.41 Å². The zero-order chi connectivity index (χ0) is 19.6. The van der Waals surface area contributed by atoms with Crippen molar-refractivity contribution in [3.8, 4) is 17.2 Å². The van der Waals surface area contributed by atoms with Crippen LogP contribution in [0.5, 0.6) is 0 Å². The molecule has 3 heterocycles. The van der Waals surface area contributed by atoms with Crippen LogP contribution in [0.25, 0.3) is 17.2 Å². The maximum Gasteiger partial charge on any atom is 0.234 e. The van der Waals surface area contributed by atoms with Crippen LogP contribution in [0.15, 0.2) is 47.8 Å². The van der Waals surface area contributed by atoms with Crippen molar-refractivity contribution >= 4 is 6.21 Å². The highest BCUT2D eigenvalue weighted by Gasteiger charge is 2.28. The second kappa shape index (κ2) is 7.43. The molecule has 0 bridgehead atoms. The Morgan fingerprint density at radius 3 is 2.07 bits per heavy atom. The lowest BCUT2D eigenvalue weighted by molar-refractivity contribution is 0.457. The maximum atomic E-state index is 4.66. The van der Waals surface area contributed by atoms with E-state index >= 15 is 0 Å². The Morgan fingerprint density at radius 2 is 1.59 bits per heavy atom. The number of nitrogens with zero attached hydrogens (tertiary/aromatic N) is 5. The van der Waals surface area contributed by atoms with Gasteiger partial charge in [0.05, 0.1) is 5.69 Å². The predicted molar refractivity (Wildman–Crippen MR) is 111 cm³/mol. The summed E-state index contributed by atoms with van der Waals surface area (Å²) in [6, 6.07) is 8.29. The van der Waals surface area contributed by atoms with E-state index in [2.05, 4.69) is 72.8 Å². The molecule has 1 atom stereocenters. The van der Waals surface area contributed by atoms with Crippen LogP contribution in [0, 0.1) is 19.8 Å². The quantitative estimate of drug-likeness (QED) is 0.626. The predicted octanol–water partition coefficient (Wildman–Crippen LogP) is 4.56. The van der Waals surface area contributed by atoms with Crippen molar-refractivity contribution in [1.82, 2.24) is 19.5 Å². The van der Waals surface area contributed by atoms with Crippen LogP contribution < -0.4 is 0 Å². The monoisotopic (exact) mass is 361 g/mol. The second-order valence-corrected chi connectivity index (χ2v) is 7.48. The highest BCUT2D eigenvalue weighted by molar-refractivity contribution is 5.73. The van der Waals surface area contributed by atoms with Crippen LogP contribution in [0.4, 0.5) is 0 Å². The molecule has 0 fully saturated rings. The van der Waals surface area contributed by atoms with Crippen molar-refractivity contribution in [2.75, 3.05) is 7.05 Å². The van der Waals surface area contributed by atoms with E-state index in [4.69, 9.17) is 0 Å². The summed E-state index contributed by atoms with van der Waals surface area (Å²) in [5, 5.41) is 0. The lowest BCUT2D eigenvalue weighted by Gasteiger charge is -2.30. The molecule has 3 aromatic rings. The van der Waals surface area contributed by atoms with Crippen molar-refractivity contribution < 1.29 is 0 Å². The molecule has 0 amide bonds. The minimum atomic E-state index is -0.135. The first-order valence-corrected chi connectivity index (χ1v) is 9.24. The van der Waals surface area contributed by atoms with Crippen LogP contribution in [0.1, 0.15) is 37.7 Å². The van der Waals surface area contributed by atoms with Gasteiger partial charge in [-0.15, -0.1) is 0 Å². The summed E-state index contributed by atoms with van der Waals surface area (Å²) < 4.78 is 2.04. The van der Waals surface area contributed by atoms with Gasteiger partial charge in [-0.25, -0.2) is 9.97 Å². The maximum absolute atomic E-state index is 4.66. The number of pyridine rings is 1. The molecule has 5 heteroatoms. The molecule has 1 unspecified atom stereocenters. The molecule has 3 rings (SSSR count). The molecular formula is C22H27N5. The Morgan fingerprint density at radius 1 is 0.963 bits per heavy atom. The first-order valence-electron chi connectivity index (χ1n) is 9.24. The fraction of sp³-hybridized carbons (Fsp3) is 0.364. The molecule has 0 saturated heterocycles. The van der Waals surface area contributed by atoms with Crippen molar-refractivity contribution in [2.45, 2.75) is 40.0 Å². The number of aromatic nitrogens is 4. The number of hydrogen-bond acceptors (Lipinski definition) is 4. The summed E-state index contributed by atoms with van der Waals surface area (Å²) in [5.74, 6) is 1.10. The van der Waals surface area contributed by atoms with Gasteiger partial charge in [0.25, 0.3) is 0 Å². The molecule has 0 spiro atoms. The van der Waals surface area contributed by atoms with Gasteiger partial charge in [-0.3, -0.25) is 14.5 Å². The van der Waals surface area contributed by atoms with E-state index in [1.807, 2.05) is 42.5 Å². The first-order chi connectivity index (χ1) is 12.9. The molecule has 140 valence electrons. The summed E-state index contributed by atoms with van der Waals surface area (Å²) in [6.07, 6.45) is 7.61. The Balaban J connectivity index is 1.90. The van der Waals surface area contributed by atoms with Gasteiger partial charge < -0.3 is 0 Å². The van der Waals surface area contributed by atoms with Gasteiger partial charge >= 0.3 is 0 Å². The Bertz CT molecular complexity index is 916. The van der Waals surface area contributed by atoms with Crippen LogP contribution in [-0.4, -0.2) is 32.8 Å². The highest BCUT2D eigenvalue weighted by atomic mass is 15.2. The van der Waals surface area contributed by atoms with Crippen LogP contribution >= 0.6 is 0 Å². The summed E-state index contributed by atoms with van der Waals surface area (Å²) in [6.45, 7) is 10.7. The van der Waals surface area contributed by atoms with E-state index < -0.39 is 0 Å². The van der Waals surface area contributed by atoms with E-state index in [1.165, 1.54) is 0 Å². The van der Waals surface area contributed by atoms with Crippen molar-refractivity contribution in [2.24, 2.45) is 10.9 Å². The normalized spacial score (nSPS) is 14.0. The molecule has 0 aromatic carbocycles. The lowest BCUT2D eigenvalue weighted by atomic mass is 9.75. The second-order valence-electron chi connectivity index (χ2n) is 7.48. The fourth-order valence-corrected chi connectivity index (χ4v) is 3.26. The molecule has 0 aliphatic carbocycles. The lowest BCUT2D eigenvalue weighted by Crippen LogP contribution is -2.30. The topological polar surface area (TPSA) is 56.0 Å². The van der Waals surface area contributed by atoms with Gasteiger partial charge in [0, 0.05) is 54.2 Å². The number of aryl methyl sites for hydroxylation is 2. The first kappa shape index (κ1) is 19.0. The van der Waals surface area contributed by atoms with Gasteiger partial charge in [-0.2, -0.15) is 0 Å². The highest BCUT2D eigenvalue weighted by Crippen LogP contribution is 2.30. The third-order valence-electron chi connectivity index (χ3n) is 5.39. The smallest absolute Gasteiger partial charge is 0.234 e. The van der Waals surface area contributed by atoms with Gasteiger partial charge in [-0.1, -0.05) is 26.8 Å². The molecule has 0 radical (unpaired) electrons. The van der Waals surface area contributed by atoms with Crippen molar-refractivity contribution in [3.63, 3.8) is 0 Å². The fourth-order valence-electron chi connectivity index (χ4n) is 3.26. The Labute approximate surface area is 161 Å². The zero-order valence-corrected chi connectivity index (χ0v) is 16.9. The molecular weight excluding hydrogens is 334 g/mol.